The normalized spacial score (nSPS) is 10.1. The van der Waals surface area contributed by atoms with Crippen LogP contribution < -0.4 is 4.74 Å². The van der Waals surface area contributed by atoms with Gasteiger partial charge in [-0.15, -0.1) is 0 Å². The fraction of sp³-hybridized carbons (Fsp3) is 0.0909. The second kappa shape index (κ2) is 4.40. The summed E-state index contributed by atoms with van der Waals surface area (Å²) in [6.07, 6.45) is 0.682. The molecule has 0 spiro atoms. The predicted octanol–water partition coefficient (Wildman–Crippen LogP) is 2.77. The number of hydrogen-bond donors (Lipinski definition) is 0. The highest BCUT2D eigenvalue weighted by atomic mass is 32.1. The summed E-state index contributed by atoms with van der Waals surface area (Å²) in [5.74, 6) is 0.0628. The van der Waals surface area contributed by atoms with Crippen LogP contribution in [0.15, 0.2) is 24.3 Å². The molecule has 0 radical (unpaired) electrons. The van der Waals surface area contributed by atoms with Gasteiger partial charge in [-0.25, -0.2) is 4.39 Å². The molecule has 3 nitrogen and oxygen atoms in total. The zero-order chi connectivity index (χ0) is 11.5. The van der Waals surface area contributed by atoms with Gasteiger partial charge in [0.15, 0.2) is 0 Å². The lowest BCUT2D eigenvalue weighted by Gasteiger charge is -1.99. The largest absolute Gasteiger partial charge is 0.480 e. The first-order valence-corrected chi connectivity index (χ1v) is 5.27. The smallest absolute Gasteiger partial charge is 0.225 e. The molecule has 0 aliphatic rings. The minimum atomic E-state index is -0.378. The molecule has 1 aromatic carbocycles. The number of hydrogen-bond acceptors (Lipinski definition) is 4. The lowest BCUT2D eigenvalue weighted by molar-refractivity contribution is 0.112. The Balaban J connectivity index is 2.49. The number of nitrogens with zero attached hydrogens (tertiary/aromatic N) is 1. The molecule has 0 amide bonds. The van der Waals surface area contributed by atoms with E-state index in [0.717, 1.165) is 11.5 Å². The molecule has 1 aromatic heterocycles. The quantitative estimate of drug-likeness (QED) is 0.770. The molecule has 2 rings (SSSR count). The van der Waals surface area contributed by atoms with Gasteiger partial charge in [-0.3, -0.25) is 4.79 Å². The molecule has 16 heavy (non-hydrogen) atoms. The van der Waals surface area contributed by atoms with Crippen LogP contribution in [0.1, 0.15) is 10.4 Å². The lowest BCUT2D eigenvalue weighted by atomic mass is 10.1. The molecule has 0 unspecified atom stereocenters. The zero-order valence-corrected chi connectivity index (χ0v) is 9.25. The van der Waals surface area contributed by atoms with Crippen molar-refractivity contribution in [3.8, 4) is 16.3 Å². The molecule has 0 bridgehead atoms. The van der Waals surface area contributed by atoms with Gasteiger partial charge in [-0.05, 0) is 29.7 Å². The van der Waals surface area contributed by atoms with Crippen LogP contribution in [0.2, 0.25) is 0 Å². The number of rotatable bonds is 3. The van der Waals surface area contributed by atoms with Crippen molar-refractivity contribution in [1.29, 1.82) is 0 Å². The van der Waals surface area contributed by atoms with Gasteiger partial charge in [0.1, 0.15) is 12.1 Å². The summed E-state index contributed by atoms with van der Waals surface area (Å²) in [5, 5.41) is 0. The van der Waals surface area contributed by atoms with E-state index in [-0.39, 0.29) is 5.82 Å². The van der Waals surface area contributed by atoms with E-state index < -0.39 is 0 Å². The average Bonchev–Trinajstić information content (AvgIpc) is 2.78. The third-order valence-electron chi connectivity index (χ3n) is 2.09. The van der Waals surface area contributed by atoms with Gasteiger partial charge in [0.05, 0.1) is 12.0 Å². The van der Waals surface area contributed by atoms with Crippen molar-refractivity contribution in [2.45, 2.75) is 0 Å². The van der Waals surface area contributed by atoms with Crippen LogP contribution in [0.25, 0.3) is 10.4 Å². The highest BCUT2D eigenvalue weighted by molar-refractivity contribution is 7.09. The second-order valence-corrected chi connectivity index (χ2v) is 3.90. The van der Waals surface area contributed by atoms with E-state index in [9.17, 15) is 9.18 Å². The van der Waals surface area contributed by atoms with Crippen LogP contribution in [-0.4, -0.2) is 17.8 Å². The Morgan fingerprint density at radius 2 is 2.25 bits per heavy atom. The third kappa shape index (κ3) is 1.94. The number of ether oxygens (including phenoxy) is 1. The van der Waals surface area contributed by atoms with Gasteiger partial charge in [0.25, 0.3) is 0 Å². The average molecular weight is 237 g/mol. The molecule has 0 aliphatic heterocycles. The lowest BCUT2D eigenvalue weighted by Crippen LogP contribution is -1.86. The number of benzene rings is 1. The maximum absolute atomic E-state index is 13.5. The summed E-state index contributed by atoms with van der Waals surface area (Å²) in [7, 11) is 1.50. The van der Waals surface area contributed by atoms with Crippen LogP contribution in [0.4, 0.5) is 4.39 Å². The summed E-state index contributed by atoms with van der Waals surface area (Å²) < 4.78 is 22.4. The Labute approximate surface area is 95.7 Å². The molecule has 82 valence electrons. The molecule has 5 heteroatoms. The summed E-state index contributed by atoms with van der Waals surface area (Å²) in [5.41, 5.74) is 0.800. The van der Waals surface area contributed by atoms with Crippen molar-refractivity contribution in [2.24, 2.45) is 0 Å². The number of methoxy groups -OCH3 is 1. The number of halogens is 1. The topological polar surface area (TPSA) is 39.2 Å². The standard InChI is InChI=1S/C11H8FNO2S/c1-15-11-5-10(16-13-11)8-4-7(6-14)2-3-9(8)12/h2-6H,1H3. The fourth-order valence-corrected chi connectivity index (χ4v) is 2.01. The van der Waals surface area contributed by atoms with Crippen LogP contribution in [0.3, 0.4) is 0 Å². The Morgan fingerprint density at radius 3 is 2.88 bits per heavy atom. The first-order valence-electron chi connectivity index (χ1n) is 4.50. The molecule has 2 aromatic rings. The van der Waals surface area contributed by atoms with Gasteiger partial charge in [0, 0.05) is 17.2 Å². The third-order valence-corrected chi connectivity index (χ3v) is 2.90. The minimum absolute atomic E-state index is 0.366. The summed E-state index contributed by atoms with van der Waals surface area (Å²) in [6, 6.07) is 5.84. The minimum Gasteiger partial charge on any atom is -0.480 e. The SMILES string of the molecule is COc1cc(-c2cc(C=O)ccc2F)sn1. The first-order chi connectivity index (χ1) is 7.74. The zero-order valence-electron chi connectivity index (χ0n) is 8.44. The van der Waals surface area contributed by atoms with E-state index in [4.69, 9.17) is 4.74 Å². The summed E-state index contributed by atoms with van der Waals surface area (Å²) in [6.45, 7) is 0. The number of aldehydes is 1. The Bertz CT molecular complexity index is 524. The van der Waals surface area contributed by atoms with E-state index in [1.165, 1.54) is 25.3 Å². The van der Waals surface area contributed by atoms with Gasteiger partial charge in [-0.2, -0.15) is 4.37 Å². The van der Waals surface area contributed by atoms with Crippen molar-refractivity contribution >= 4 is 17.8 Å². The van der Waals surface area contributed by atoms with E-state index in [2.05, 4.69) is 4.37 Å². The maximum atomic E-state index is 13.5. The van der Waals surface area contributed by atoms with Crippen molar-refractivity contribution in [3.63, 3.8) is 0 Å². The fourth-order valence-electron chi connectivity index (χ4n) is 1.29. The Kier molecular flexibility index (Phi) is 2.96. The van der Waals surface area contributed by atoms with Gasteiger partial charge in [0.2, 0.25) is 5.88 Å². The predicted molar refractivity (Wildman–Crippen MR) is 59.4 cm³/mol. The van der Waals surface area contributed by atoms with Gasteiger partial charge < -0.3 is 4.74 Å². The van der Waals surface area contributed by atoms with Crippen molar-refractivity contribution in [1.82, 2.24) is 4.37 Å². The van der Waals surface area contributed by atoms with E-state index in [1.807, 2.05) is 0 Å². The van der Waals surface area contributed by atoms with Crippen molar-refractivity contribution in [2.75, 3.05) is 7.11 Å². The van der Waals surface area contributed by atoms with Gasteiger partial charge >= 0.3 is 0 Å². The molecular formula is C11H8FNO2S. The Hall–Kier alpha value is -1.75. The van der Waals surface area contributed by atoms with Crippen molar-refractivity contribution < 1.29 is 13.9 Å². The monoisotopic (exact) mass is 237 g/mol. The van der Waals surface area contributed by atoms with Crippen LogP contribution >= 0.6 is 11.5 Å². The van der Waals surface area contributed by atoms with E-state index in [1.54, 1.807) is 6.07 Å². The van der Waals surface area contributed by atoms with Crippen LogP contribution in [0.5, 0.6) is 5.88 Å². The molecule has 0 fully saturated rings. The van der Waals surface area contributed by atoms with Crippen LogP contribution in [-0.2, 0) is 0 Å². The molecule has 1 heterocycles. The van der Waals surface area contributed by atoms with Crippen molar-refractivity contribution in [3.05, 3.63) is 35.6 Å². The molecule has 0 saturated heterocycles. The highest BCUT2D eigenvalue weighted by Gasteiger charge is 2.10. The highest BCUT2D eigenvalue weighted by Crippen LogP contribution is 2.30. The van der Waals surface area contributed by atoms with E-state index >= 15 is 0 Å². The van der Waals surface area contributed by atoms with Gasteiger partial charge in [-0.1, -0.05) is 0 Å². The number of aromatic nitrogens is 1. The molecule has 0 saturated carbocycles. The first kappa shape index (κ1) is 10.8. The molecule has 0 N–H and O–H groups in total. The van der Waals surface area contributed by atoms with Crippen LogP contribution in [0, 0.1) is 5.82 Å². The number of carbonyl (C=O) groups is 1. The molecule has 0 aliphatic carbocycles. The molecular weight excluding hydrogens is 229 g/mol. The maximum Gasteiger partial charge on any atom is 0.225 e. The Morgan fingerprint density at radius 1 is 1.44 bits per heavy atom. The summed E-state index contributed by atoms with van der Waals surface area (Å²) in [4.78, 5) is 11.2. The summed E-state index contributed by atoms with van der Waals surface area (Å²) >= 11 is 1.13. The van der Waals surface area contributed by atoms with E-state index in [0.29, 0.717) is 28.2 Å². The number of carbonyl (C=O) groups excluding carboxylic acids is 1. The molecule has 0 atom stereocenters. The second-order valence-electron chi connectivity index (χ2n) is 3.09.